The highest BCUT2D eigenvalue weighted by molar-refractivity contribution is 9.10. The monoisotopic (exact) mass is 385 g/mol. The van der Waals surface area contributed by atoms with Gasteiger partial charge in [0.2, 0.25) is 0 Å². The molecule has 0 saturated carbocycles. The maximum atomic E-state index is 13.5. The standard InChI is InChI=1S/C14H7BrCl2FN3/c15-8-5-13-12(19-6-8)3-4-21(13)20-7-9-10(16)1-2-11(18)14(9)17/h1-7H/b20-7+. The molecule has 0 bridgehead atoms. The number of hydrogen-bond acceptors (Lipinski definition) is 2. The van der Waals surface area contributed by atoms with Crippen LogP contribution in [0, 0.1) is 5.82 Å². The van der Waals surface area contributed by atoms with Crippen molar-refractivity contribution in [2.75, 3.05) is 0 Å². The molecule has 0 fully saturated rings. The van der Waals surface area contributed by atoms with Gasteiger partial charge in [0.1, 0.15) is 5.82 Å². The Morgan fingerprint density at radius 1 is 1.29 bits per heavy atom. The van der Waals surface area contributed by atoms with E-state index in [0.717, 1.165) is 15.5 Å². The van der Waals surface area contributed by atoms with E-state index in [2.05, 4.69) is 26.0 Å². The lowest BCUT2D eigenvalue weighted by Gasteiger charge is -2.03. The first kappa shape index (κ1) is 14.5. The molecule has 0 amide bonds. The largest absolute Gasteiger partial charge is 0.253 e. The van der Waals surface area contributed by atoms with Gasteiger partial charge in [-0.1, -0.05) is 23.2 Å². The summed E-state index contributed by atoms with van der Waals surface area (Å²) in [5.41, 5.74) is 1.94. The summed E-state index contributed by atoms with van der Waals surface area (Å²) in [4.78, 5) is 4.25. The fourth-order valence-electron chi connectivity index (χ4n) is 1.85. The second-order valence-electron chi connectivity index (χ2n) is 4.22. The summed E-state index contributed by atoms with van der Waals surface area (Å²) in [5, 5.41) is 4.54. The molecule has 0 radical (unpaired) electrons. The first-order valence-corrected chi connectivity index (χ1v) is 7.41. The number of aromatic nitrogens is 2. The van der Waals surface area contributed by atoms with E-state index in [0.29, 0.717) is 10.6 Å². The Kier molecular flexibility index (Phi) is 3.97. The van der Waals surface area contributed by atoms with Gasteiger partial charge in [-0.25, -0.2) is 9.07 Å². The molecule has 3 rings (SSSR count). The maximum absolute atomic E-state index is 13.5. The van der Waals surface area contributed by atoms with Gasteiger partial charge >= 0.3 is 0 Å². The maximum Gasteiger partial charge on any atom is 0.142 e. The van der Waals surface area contributed by atoms with E-state index in [4.69, 9.17) is 23.2 Å². The van der Waals surface area contributed by atoms with Crippen LogP contribution in [0.25, 0.3) is 11.0 Å². The van der Waals surface area contributed by atoms with E-state index in [-0.39, 0.29) is 5.02 Å². The highest BCUT2D eigenvalue weighted by Gasteiger charge is 2.09. The lowest BCUT2D eigenvalue weighted by atomic mass is 10.2. The zero-order chi connectivity index (χ0) is 15.0. The van der Waals surface area contributed by atoms with Crippen molar-refractivity contribution in [3.05, 3.63) is 62.6 Å². The van der Waals surface area contributed by atoms with Crippen molar-refractivity contribution in [3.8, 4) is 0 Å². The number of nitrogens with zero attached hydrogens (tertiary/aromatic N) is 3. The van der Waals surface area contributed by atoms with Gasteiger partial charge in [0.25, 0.3) is 0 Å². The zero-order valence-corrected chi connectivity index (χ0v) is 13.5. The normalized spacial score (nSPS) is 11.6. The molecule has 0 unspecified atom stereocenters. The van der Waals surface area contributed by atoms with Crippen LogP contribution < -0.4 is 0 Å². The molecule has 0 spiro atoms. The molecule has 2 heterocycles. The van der Waals surface area contributed by atoms with Crippen LogP contribution in [0.4, 0.5) is 4.39 Å². The van der Waals surface area contributed by atoms with Crippen LogP contribution in [0.1, 0.15) is 5.56 Å². The molecule has 7 heteroatoms. The third-order valence-electron chi connectivity index (χ3n) is 2.88. The molecule has 0 aliphatic heterocycles. The summed E-state index contributed by atoms with van der Waals surface area (Å²) in [6.07, 6.45) is 4.88. The van der Waals surface area contributed by atoms with Crippen LogP contribution in [0.2, 0.25) is 10.0 Å². The number of fused-ring (bicyclic) bond motifs is 1. The summed E-state index contributed by atoms with van der Waals surface area (Å²) in [6, 6.07) is 6.37. The molecule has 3 nitrogen and oxygen atoms in total. The molecule has 21 heavy (non-hydrogen) atoms. The third-order valence-corrected chi connectivity index (χ3v) is 4.02. The number of rotatable bonds is 2. The summed E-state index contributed by atoms with van der Waals surface area (Å²) in [5.74, 6) is -0.538. The van der Waals surface area contributed by atoms with Gasteiger partial charge in [0.05, 0.1) is 27.3 Å². The molecule has 2 aromatic heterocycles. The highest BCUT2D eigenvalue weighted by Crippen LogP contribution is 2.26. The second kappa shape index (κ2) is 5.75. The predicted octanol–water partition coefficient (Wildman–Crippen LogP) is 5.13. The second-order valence-corrected chi connectivity index (χ2v) is 5.92. The Morgan fingerprint density at radius 3 is 2.90 bits per heavy atom. The molecular weight excluding hydrogens is 380 g/mol. The highest BCUT2D eigenvalue weighted by atomic mass is 79.9. The van der Waals surface area contributed by atoms with Gasteiger partial charge in [-0.05, 0) is 40.2 Å². The Balaban J connectivity index is 2.06. The summed E-state index contributed by atoms with van der Waals surface area (Å²) in [6.45, 7) is 0. The number of benzene rings is 1. The van der Waals surface area contributed by atoms with E-state index in [1.54, 1.807) is 17.1 Å². The van der Waals surface area contributed by atoms with Gasteiger partial charge in [-0.3, -0.25) is 4.98 Å². The van der Waals surface area contributed by atoms with E-state index >= 15 is 0 Å². The molecule has 1 aromatic carbocycles. The fraction of sp³-hybridized carbons (Fsp3) is 0. The topological polar surface area (TPSA) is 30.2 Å². The average Bonchev–Trinajstić information content (AvgIpc) is 2.85. The zero-order valence-electron chi connectivity index (χ0n) is 10.4. The van der Waals surface area contributed by atoms with Crippen LogP contribution in [0.15, 0.2) is 46.2 Å². The summed E-state index contributed by atoms with van der Waals surface area (Å²) >= 11 is 15.3. The van der Waals surface area contributed by atoms with Crippen LogP contribution in [-0.4, -0.2) is 15.9 Å². The van der Waals surface area contributed by atoms with Gasteiger partial charge in [-0.2, -0.15) is 5.10 Å². The van der Waals surface area contributed by atoms with Gasteiger partial charge in [-0.15, -0.1) is 0 Å². The van der Waals surface area contributed by atoms with Crippen LogP contribution in [-0.2, 0) is 0 Å². The molecule has 3 aromatic rings. The minimum Gasteiger partial charge on any atom is -0.253 e. The Bertz CT molecular complexity index is 861. The van der Waals surface area contributed by atoms with E-state index < -0.39 is 5.82 Å². The first-order chi connectivity index (χ1) is 10.1. The van der Waals surface area contributed by atoms with Gasteiger partial charge in [0.15, 0.2) is 0 Å². The van der Waals surface area contributed by atoms with Gasteiger partial charge < -0.3 is 0 Å². The summed E-state index contributed by atoms with van der Waals surface area (Å²) in [7, 11) is 0. The van der Waals surface area contributed by atoms with E-state index in [1.165, 1.54) is 18.3 Å². The van der Waals surface area contributed by atoms with E-state index in [1.807, 2.05) is 12.1 Å². The lowest BCUT2D eigenvalue weighted by molar-refractivity contribution is 0.628. The lowest BCUT2D eigenvalue weighted by Crippen LogP contribution is -1.93. The molecule has 0 saturated heterocycles. The smallest absolute Gasteiger partial charge is 0.142 e. The number of halogens is 4. The van der Waals surface area contributed by atoms with Crippen molar-refractivity contribution in [1.82, 2.24) is 9.66 Å². The quantitative estimate of drug-likeness (QED) is 0.443. The summed E-state index contributed by atoms with van der Waals surface area (Å²) < 4.78 is 15.9. The Hall–Kier alpha value is -1.43. The van der Waals surface area contributed by atoms with Crippen molar-refractivity contribution in [2.45, 2.75) is 0 Å². The van der Waals surface area contributed by atoms with Crippen LogP contribution in [0.3, 0.4) is 0 Å². The number of hydrogen-bond donors (Lipinski definition) is 0. The van der Waals surface area contributed by atoms with Crippen molar-refractivity contribution in [3.63, 3.8) is 0 Å². The minimum absolute atomic E-state index is 0.0537. The molecule has 106 valence electrons. The van der Waals surface area contributed by atoms with Crippen molar-refractivity contribution < 1.29 is 4.39 Å². The first-order valence-electron chi connectivity index (χ1n) is 5.87. The van der Waals surface area contributed by atoms with Gasteiger partial charge in [0, 0.05) is 22.4 Å². The average molecular weight is 387 g/mol. The molecule has 0 atom stereocenters. The molecule has 0 N–H and O–H groups in total. The number of pyridine rings is 1. The van der Waals surface area contributed by atoms with Crippen LogP contribution in [0.5, 0.6) is 0 Å². The minimum atomic E-state index is -0.538. The Morgan fingerprint density at radius 2 is 2.10 bits per heavy atom. The van der Waals surface area contributed by atoms with Crippen molar-refractivity contribution in [2.24, 2.45) is 5.10 Å². The Labute approximate surface area is 138 Å². The predicted molar refractivity (Wildman–Crippen MR) is 86.8 cm³/mol. The van der Waals surface area contributed by atoms with Crippen LogP contribution >= 0.6 is 39.1 Å². The molecule has 0 aliphatic rings. The van der Waals surface area contributed by atoms with E-state index in [9.17, 15) is 4.39 Å². The SMILES string of the molecule is Fc1ccc(Cl)c(/C=N/n2ccc3ncc(Br)cc32)c1Cl. The van der Waals surface area contributed by atoms with Crippen molar-refractivity contribution >= 4 is 56.4 Å². The fourth-order valence-corrected chi connectivity index (χ4v) is 2.64. The molecule has 0 aliphatic carbocycles. The van der Waals surface area contributed by atoms with Crippen molar-refractivity contribution in [1.29, 1.82) is 0 Å². The molecular formula is C14H7BrCl2FN3. The third kappa shape index (κ3) is 2.81.